The van der Waals surface area contributed by atoms with Gasteiger partial charge < -0.3 is 16.0 Å². The van der Waals surface area contributed by atoms with Crippen molar-refractivity contribution in [1.29, 1.82) is 0 Å². The molecule has 0 saturated heterocycles. The maximum Gasteiger partial charge on any atom is 0.239 e. The second-order valence-electron chi connectivity index (χ2n) is 4.98. The molecule has 0 aliphatic carbocycles. The molecule has 0 radical (unpaired) electrons. The van der Waals surface area contributed by atoms with Crippen LogP contribution < -0.4 is 16.0 Å². The van der Waals surface area contributed by atoms with Gasteiger partial charge in [-0.15, -0.1) is 0 Å². The summed E-state index contributed by atoms with van der Waals surface area (Å²) in [5.41, 5.74) is 1.01. The molecule has 1 aromatic heterocycles. The second-order valence-corrected chi connectivity index (χ2v) is 4.98. The van der Waals surface area contributed by atoms with Gasteiger partial charge in [0.05, 0.1) is 6.54 Å². The van der Waals surface area contributed by atoms with Crippen molar-refractivity contribution in [2.24, 2.45) is 5.92 Å². The number of aromatic nitrogens is 2. The van der Waals surface area contributed by atoms with Crippen LogP contribution in [-0.2, 0) is 11.2 Å². The Labute approximate surface area is 120 Å². The fraction of sp³-hybridized carbons (Fsp3) is 0.643. The standard InChI is InChI=1S/C14H25N5O/c1-5-11-13(15-6-2)18-9-19-14(11)17-8-12(20)16-7-10(3)4/h9-10H,5-8H2,1-4H3,(H,16,20)(H2,15,17,18,19). The van der Waals surface area contributed by atoms with Crippen molar-refractivity contribution < 1.29 is 4.79 Å². The summed E-state index contributed by atoms with van der Waals surface area (Å²) in [6.45, 7) is 9.91. The Morgan fingerprint density at radius 3 is 2.40 bits per heavy atom. The van der Waals surface area contributed by atoms with E-state index >= 15 is 0 Å². The number of amides is 1. The molecule has 0 spiro atoms. The van der Waals surface area contributed by atoms with Crippen LogP contribution in [0.2, 0.25) is 0 Å². The van der Waals surface area contributed by atoms with Crippen LogP contribution in [0.1, 0.15) is 33.3 Å². The monoisotopic (exact) mass is 279 g/mol. The van der Waals surface area contributed by atoms with Crippen LogP contribution in [-0.4, -0.2) is 35.5 Å². The van der Waals surface area contributed by atoms with E-state index in [0.717, 1.165) is 30.2 Å². The van der Waals surface area contributed by atoms with Crippen molar-refractivity contribution in [3.63, 3.8) is 0 Å². The molecule has 20 heavy (non-hydrogen) atoms. The van der Waals surface area contributed by atoms with Crippen molar-refractivity contribution >= 4 is 17.5 Å². The Hall–Kier alpha value is -1.85. The van der Waals surface area contributed by atoms with Gasteiger partial charge in [-0.2, -0.15) is 0 Å². The van der Waals surface area contributed by atoms with Gasteiger partial charge in [0.1, 0.15) is 18.0 Å². The first kappa shape index (κ1) is 16.2. The Morgan fingerprint density at radius 1 is 1.20 bits per heavy atom. The highest BCUT2D eigenvalue weighted by Crippen LogP contribution is 2.19. The lowest BCUT2D eigenvalue weighted by atomic mass is 10.2. The average Bonchev–Trinajstić information content (AvgIpc) is 2.43. The van der Waals surface area contributed by atoms with Crippen LogP contribution in [0.25, 0.3) is 0 Å². The van der Waals surface area contributed by atoms with Crippen LogP contribution in [0.5, 0.6) is 0 Å². The number of rotatable bonds is 8. The maximum atomic E-state index is 11.7. The molecule has 0 atom stereocenters. The fourth-order valence-corrected chi connectivity index (χ4v) is 1.76. The van der Waals surface area contributed by atoms with Crippen molar-refractivity contribution in [3.05, 3.63) is 11.9 Å². The minimum absolute atomic E-state index is 0.0237. The third-order valence-corrected chi connectivity index (χ3v) is 2.77. The molecule has 0 aliphatic heterocycles. The smallest absolute Gasteiger partial charge is 0.239 e. The summed E-state index contributed by atoms with van der Waals surface area (Å²) < 4.78 is 0. The van der Waals surface area contributed by atoms with Gasteiger partial charge in [-0.05, 0) is 19.3 Å². The second kappa shape index (κ2) is 8.35. The molecule has 0 aliphatic rings. The summed E-state index contributed by atoms with van der Waals surface area (Å²) in [7, 11) is 0. The minimum atomic E-state index is -0.0237. The first-order chi connectivity index (χ1) is 9.58. The molecule has 0 unspecified atom stereocenters. The van der Waals surface area contributed by atoms with E-state index in [9.17, 15) is 4.79 Å². The van der Waals surface area contributed by atoms with Gasteiger partial charge in [0.15, 0.2) is 0 Å². The molecule has 1 heterocycles. The van der Waals surface area contributed by atoms with Gasteiger partial charge >= 0.3 is 0 Å². The molecule has 112 valence electrons. The SMILES string of the molecule is CCNc1ncnc(NCC(=O)NCC(C)C)c1CC. The number of carbonyl (C=O) groups is 1. The summed E-state index contributed by atoms with van der Waals surface area (Å²) in [6.07, 6.45) is 2.31. The zero-order chi connectivity index (χ0) is 15.0. The number of nitrogens with one attached hydrogen (secondary N) is 3. The van der Waals surface area contributed by atoms with Crippen molar-refractivity contribution in [1.82, 2.24) is 15.3 Å². The minimum Gasteiger partial charge on any atom is -0.370 e. The summed E-state index contributed by atoms with van der Waals surface area (Å²) in [5.74, 6) is 1.97. The summed E-state index contributed by atoms with van der Waals surface area (Å²) in [6, 6.07) is 0. The third kappa shape index (κ3) is 5.03. The van der Waals surface area contributed by atoms with E-state index in [-0.39, 0.29) is 12.5 Å². The Bertz CT molecular complexity index is 434. The van der Waals surface area contributed by atoms with E-state index < -0.39 is 0 Å². The largest absolute Gasteiger partial charge is 0.370 e. The van der Waals surface area contributed by atoms with Gasteiger partial charge in [-0.1, -0.05) is 20.8 Å². The lowest BCUT2D eigenvalue weighted by molar-refractivity contribution is -0.119. The first-order valence-corrected chi connectivity index (χ1v) is 7.16. The number of hydrogen-bond acceptors (Lipinski definition) is 5. The van der Waals surface area contributed by atoms with Gasteiger partial charge in [-0.3, -0.25) is 4.79 Å². The fourth-order valence-electron chi connectivity index (χ4n) is 1.76. The number of anilines is 2. The van der Waals surface area contributed by atoms with Crippen LogP contribution in [0.3, 0.4) is 0 Å². The number of nitrogens with zero attached hydrogens (tertiary/aromatic N) is 2. The molecule has 0 aromatic carbocycles. The van der Waals surface area contributed by atoms with Crippen LogP contribution in [0.15, 0.2) is 6.33 Å². The molecular weight excluding hydrogens is 254 g/mol. The summed E-state index contributed by atoms with van der Waals surface area (Å²) >= 11 is 0. The van der Waals surface area contributed by atoms with E-state index in [2.05, 4.69) is 39.8 Å². The van der Waals surface area contributed by atoms with E-state index in [1.165, 1.54) is 6.33 Å². The summed E-state index contributed by atoms with van der Waals surface area (Å²) in [4.78, 5) is 20.1. The van der Waals surface area contributed by atoms with E-state index in [1.807, 2.05) is 13.8 Å². The molecule has 6 heteroatoms. The summed E-state index contributed by atoms with van der Waals surface area (Å²) in [5, 5.41) is 9.16. The van der Waals surface area contributed by atoms with Gasteiger partial charge in [-0.25, -0.2) is 9.97 Å². The van der Waals surface area contributed by atoms with Crippen LogP contribution >= 0.6 is 0 Å². The van der Waals surface area contributed by atoms with E-state index in [4.69, 9.17) is 0 Å². The third-order valence-electron chi connectivity index (χ3n) is 2.77. The number of hydrogen-bond donors (Lipinski definition) is 3. The van der Waals surface area contributed by atoms with Crippen molar-refractivity contribution in [3.8, 4) is 0 Å². The molecule has 0 bridgehead atoms. The lowest BCUT2D eigenvalue weighted by Crippen LogP contribution is -2.32. The van der Waals surface area contributed by atoms with Crippen molar-refractivity contribution in [2.75, 3.05) is 30.3 Å². The molecule has 6 nitrogen and oxygen atoms in total. The normalized spacial score (nSPS) is 10.4. The molecule has 0 saturated carbocycles. The van der Waals surface area contributed by atoms with E-state index in [0.29, 0.717) is 12.5 Å². The molecule has 3 N–H and O–H groups in total. The van der Waals surface area contributed by atoms with Crippen LogP contribution in [0.4, 0.5) is 11.6 Å². The highest BCUT2D eigenvalue weighted by atomic mass is 16.1. The predicted octanol–water partition coefficient (Wildman–Crippen LogP) is 1.65. The first-order valence-electron chi connectivity index (χ1n) is 7.16. The maximum absolute atomic E-state index is 11.7. The lowest BCUT2D eigenvalue weighted by Gasteiger charge is -2.14. The predicted molar refractivity (Wildman–Crippen MR) is 81.9 cm³/mol. The van der Waals surface area contributed by atoms with Gasteiger partial charge in [0.2, 0.25) is 5.91 Å². The van der Waals surface area contributed by atoms with Gasteiger partial charge in [0, 0.05) is 18.7 Å². The Kier molecular flexibility index (Phi) is 6.76. The highest BCUT2D eigenvalue weighted by molar-refractivity contribution is 5.80. The molecule has 0 fully saturated rings. The average molecular weight is 279 g/mol. The van der Waals surface area contributed by atoms with Gasteiger partial charge in [0.25, 0.3) is 0 Å². The van der Waals surface area contributed by atoms with Crippen LogP contribution in [0, 0.1) is 5.92 Å². The molecule has 1 rings (SSSR count). The zero-order valence-corrected chi connectivity index (χ0v) is 12.8. The molecular formula is C14H25N5O. The molecule has 1 amide bonds. The Morgan fingerprint density at radius 2 is 1.85 bits per heavy atom. The number of carbonyl (C=O) groups excluding carboxylic acids is 1. The quantitative estimate of drug-likeness (QED) is 0.674. The Balaban J connectivity index is 2.63. The van der Waals surface area contributed by atoms with E-state index in [1.54, 1.807) is 0 Å². The molecule has 1 aromatic rings. The topological polar surface area (TPSA) is 78.9 Å². The zero-order valence-electron chi connectivity index (χ0n) is 12.8. The van der Waals surface area contributed by atoms with Crippen molar-refractivity contribution in [2.45, 2.75) is 34.1 Å². The highest BCUT2D eigenvalue weighted by Gasteiger charge is 2.10.